The van der Waals surface area contributed by atoms with Crippen LogP contribution in [0, 0.1) is 45.3 Å². The number of hydrogen-bond donors (Lipinski definition) is 0. The minimum atomic E-state index is -4.14. The summed E-state index contributed by atoms with van der Waals surface area (Å²) in [7, 11) is -8.28. The number of nitrogens with zero attached hydrogens (tertiary/aromatic N) is 6. The minimum absolute atomic E-state index is 0.278. The van der Waals surface area contributed by atoms with Crippen LogP contribution in [0.4, 0.5) is 0 Å². The van der Waals surface area contributed by atoms with Crippen molar-refractivity contribution in [1.29, 1.82) is 21.0 Å². The Labute approximate surface area is 281 Å². The summed E-state index contributed by atoms with van der Waals surface area (Å²) in [5.41, 5.74) is 0. The Balaban J connectivity index is 5.55. The molecule has 0 aliphatic carbocycles. The molecule has 0 saturated carbocycles. The molecular weight excluding hydrogens is 621 g/mol. The van der Waals surface area contributed by atoms with E-state index in [0.29, 0.717) is 51.4 Å². The van der Waals surface area contributed by atoms with Crippen LogP contribution >= 0.6 is 0 Å². The van der Waals surface area contributed by atoms with Crippen LogP contribution in [0.25, 0.3) is 0 Å². The smallest absolute Gasteiger partial charge is 0.211 e. The summed E-state index contributed by atoms with van der Waals surface area (Å²) >= 11 is 0. The highest BCUT2D eigenvalue weighted by Gasteiger charge is 2.40. The third kappa shape index (κ3) is 20.8. The first kappa shape index (κ1) is 43.8. The molecule has 10 nitrogen and oxygen atoms in total. The lowest BCUT2D eigenvalue weighted by atomic mass is 10.1. The van der Waals surface area contributed by atoms with Crippen molar-refractivity contribution in [2.75, 3.05) is 26.2 Å². The highest BCUT2D eigenvalue weighted by molar-refractivity contribution is 8.06. The van der Waals surface area contributed by atoms with Gasteiger partial charge in [0.25, 0.3) is 0 Å². The molecule has 0 N–H and O–H groups in total. The lowest BCUT2D eigenvalue weighted by Gasteiger charge is -2.30. The van der Waals surface area contributed by atoms with E-state index in [0.717, 1.165) is 103 Å². The molecule has 0 spiro atoms. The zero-order chi connectivity index (χ0) is 34.4. The molecule has 0 aliphatic rings. The summed E-state index contributed by atoms with van der Waals surface area (Å²) in [6.45, 7) is 2.43. The van der Waals surface area contributed by atoms with Crippen molar-refractivity contribution in [1.82, 2.24) is 8.61 Å². The fraction of sp³-hybridized carbons (Fsp3) is 0.882. The van der Waals surface area contributed by atoms with Gasteiger partial charge in [-0.05, 0) is 58.3 Å². The molecule has 0 aliphatic heterocycles. The van der Waals surface area contributed by atoms with E-state index < -0.39 is 24.6 Å². The third-order valence-corrected chi connectivity index (χ3v) is 13.6. The van der Waals surface area contributed by atoms with E-state index in [-0.39, 0.29) is 26.2 Å². The number of rotatable bonds is 32. The minimum Gasteiger partial charge on any atom is -0.211 e. The molecule has 0 atom stereocenters. The quantitative estimate of drug-likeness (QED) is 0.0642. The highest BCUT2D eigenvalue weighted by atomic mass is 32.3. The van der Waals surface area contributed by atoms with E-state index in [9.17, 15) is 16.8 Å². The molecule has 0 radical (unpaired) electrons. The Morgan fingerprint density at radius 2 is 0.587 bits per heavy atom. The van der Waals surface area contributed by atoms with Crippen LogP contribution in [0.2, 0.25) is 0 Å². The maximum atomic E-state index is 13.9. The lowest BCUT2D eigenvalue weighted by molar-refractivity contribution is 0.371. The van der Waals surface area contributed by atoms with Crippen molar-refractivity contribution in [3.05, 3.63) is 0 Å². The fourth-order valence-electron chi connectivity index (χ4n) is 5.40. The van der Waals surface area contributed by atoms with Gasteiger partial charge in [0.2, 0.25) is 20.0 Å². The maximum Gasteiger partial charge on any atom is 0.232 e. The molecule has 0 unspecified atom stereocenters. The average Bonchev–Trinajstić information content (AvgIpc) is 3.04. The number of unbranched alkanes of at least 4 members (excludes halogenated alkanes) is 20. The van der Waals surface area contributed by atoms with Crippen molar-refractivity contribution in [2.45, 2.75) is 166 Å². The summed E-state index contributed by atoms with van der Waals surface area (Å²) in [4.78, 5) is 0. The molecule has 0 amide bonds. The summed E-state index contributed by atoms with van der Waals surface area (Å²) in [5, 5.41) is 35.0. The molecular formula is C34H60N6O4S2. The van der Waals surface area contributed by atoms with Gasteiger partial charge < -0.3 is 0 Å². The second kappa shape index (κ2) is 29.0. The molecule has 12 heteroatoms. The lowest BCUT2D eigenvalue weighted by Crippen LogP contribution is -2.48. The van der Waals surface area contributed by atoms with Gasteiger partial charge in [-0.2, -0.15) is 21.0 Å². The molecule has 0 bridgehead atoms. The van der Waals surface area contributed by atoms with Gasteiger partial charge in [0, 0.05) is 51.9 Å². The fourth-order valence-corrected chi connectivity index (χ4v) is 9.73. The largest absolute Gasteiger partial charge is 0.232 e. The second-order valence-electron chi connectivity index (χ2n) is 12.2. The second-order valence-corrected chi connectivity index (χ2v) is 17.0. The summed E-state index contributed by atoms with van der Waals surface area (Å²) in [6.07, 6.45) is 18.5. The SMILES string of the molecule is CC(S(=O)(=O)N(CCCCCCCC#N)CCCCCCCC#N)S(=O)(=O)N(CCCCCCCC#N)CCCCCCCC#N. The molecule has 0 fully saturated rings. The van der Waals surface area contributed by atoms with Crippen LogP contribution in [0.1, 0.15) is 161 Å². The van der Waals surface area contributed by atoms with Crippen LogP contribution < -0.4 is 0 Å². The first-order valence-electron chi connectivity index (χ1n) is 17.7. The highest BCUT2D eigenvalue weighted by Crippen LogP contribution is 2.23. The van der Waals surface area contributed by atoms with Gasteiger partial charge in [0.1, 0.15) is 0 Å². The van der Waals surface area contributed by atoms with Gasteiger partial charge in [-0.25, -0.2) is 25.4 Å². The van der Waals surface area contributed by atoms with E-state index >= 15 is 0 Å². The van der Waals surface area contributed by atoms with E-state index in [1.807, 2.05) is 0 Å². The molecule has 0 heterocycles. The molecule has 0 aromatic carbocycles. The maximum absolute atomic E-state index is 13.9. The van der Waals surface area contributed by atoms with E-state index in [4.69, 9.17) is 21.0 Å². The molecule has 0 aromatic rings. The van der Waals surface area contributed by atoms with E-state index in [1.165, 1.54) is 15.5 Å². The molecule has 0 saturated heterocycles. The Kier molecular flexibility index (Phi) is 27.6. The predicted octanol–water partition coefficient (Wildman–Crippen LogP) is 8.05. The van der Waals surface area contributed by atoms with Crippen molar-refractivity contribution < 1.29 is 16.8 Å². The van der Waals surface area contributed by atoms with Crippen LogP contribution in [0.15, 0.2) is 0 Å². The Morgan fingerprint density at radius 3 is 0.804 bits per heavy atom. The zero-order valence-corrected chi connectivity index (χ0v) is 30.1. The first-order chi connectivity index (χ1) is 22.2. The van der Waals surface area contributed by atoms with E-state index in [2.05, 4.69) is 24.3 Å². The number of nitriles is 4. The summed E-state index contributed by atoms with van der Waals surface area (Å²) in [6, 6.07) is 8.57. The van der Waals surface area contributed by atoms with E-state index in [1.54, 1.807) is 0 Å². The average molecular weight is 681 g/mol. The van der Waals surface area contributed by atoms with Gasteiger partial charge in [-0.15, -0.1) is 0 Å². The normalized spacial score (nSPS) is 11.8. The van der Waals surface area contributed by atoms with Crippen molar-refractivity contribution in [2.24, 2.45) is 0 Å². The summed E-state index contributed by atoms with van der Waals surface area (Å²) < 4.78 is 57.0. The monoisotopic (exact) mass is 680 g/mol. The van der Waals surface area contributed by atoms with Crippen LogP contribution in [0.5, 0.6) is 0 Å². The predicted molar refractivity (Wildman–Crippen MR) is 184 cm³/mol. The van der Waals surface area contributed by atoms with Gasteiger partial charge >= 0.3 is 0 Å². The number of hydrogen-bond acceptors (Lipinski definition) is 8. The van der Waals surface area contributed by atoms with Gasteiger partial charge in [-0.1, -0.05) is 77.0 Å². The van der Waals surface area contributed by atoms with Crippen molar-refractivity contribution >= 4 is 20.0 Å². The zero-order valence-electron chi connectivity index (χ0n) is 28.5. The van der Waals surface area contributed by atoms with Crippen LogP contribution in [-0.2, 0) is 20.0 Å². The summed E-state index contributed by atoms with van der Waals surface area (Å²) in [5.74, 6) is 0. The molecule has 0 aromatic heterocycles. The Hall–Kier alpha value is -2.22. The molecule has 262 valence electrons. The standard InChI is InChI=1S/C34H60N6O4S2/c1-34(45(41,42)39(30-22-14-6-2-10-18-26-35)31-23-15-7-3-11-19-27-36)46(43,44)40(32-24-16-8-4-12-20-28-37)33-25-17-9-5-13-21-29-38/h34H,2-25,30-33H2,1H3. The third-order valence-electron chi connectivity index (χ3n) is 8.34. The van der Waals surface area contributed by atoms with Crippen molar-refractivity contribution in [3.8, 4) is 24.3 Å². The number of sulfonamides is 2. The Morgan fingerprint density at radius 1 is 0.391 bits per heavy atom. The Bertz CT molecular complexity index is 1000. The van der Waals surface area contributed by atoms with Gasteiger partial charge in [0.15, 0.2) is 4.58 Å². The molecule has 0 rings (SSSR count). The van der Waals surface area contributed by atoms with Crippen LogP contribution in [0.3, 0.4) is 0 Å². The van der Waals surface area contributed by atoms with Crippen molar-refractivity contribution in [3.63, 3.8) is 0 Å². The first-order valence-corrected chi connectivity index (χ1v) is 20.7. The van der Waals surface area contributed by atoms with Gasteiger partial charge in [-0.3, -0.25) is 0 Å². The van der Waals surface area contributed by atoms with Crippen LogP contribution in [-0.4, -0.2) is 56.2 Å². The topological polar surface area (TPSA) is 170 Å². The molecule has 46 heavy (non-hydrogen) atoms. The van der Waals surface area contributed by atoms with Gasteiger partial charge in [0.05, 0.1) is 24.3 Å².